The fourth-order valence-corrected chi connectivity index (χ4v) is 1.49. The Hall–Kier alpha value is -1.55. The summed E-state index contributed by atoms with van der Waals surface area (Å²) in [5.41, 5.74) is 0.278. The number of hydrogen-bond acceptors (Lipinski definition) is 3. The van der Waals surface area contributed by atoms with E-state index in [2.05, 4.69) is 0 Å². The molecule has 1 aliphatic heterocycles. The van der Waals surface area contributed by atoms with E-state index in [1.165, 1.54) is 0 Å². The largest absolute Gasteiger partial charge is 0.494 e. The average Bonchev–Trinajstić information content (AvgIpc) is 2.22. The maximum Gasteiger partial charge on any atom is 0.335 e. The Morgan fingerprint density at radius 1 is 1.38 bits per heavy atom. The molecule has 1 saturated heterocycles. The molecule has 1 aromatic carbocycles. The Bertz CT molecular complexity index is 354. The second-order valence-corrected chi connectivity index (χ2v) is 3.87. The smallest absolute Gasteiger partial charge is 0.335 e. The van der Waals surface area contributed by atoms with Gasteiger partial charge in [-0.05, 0) is 30.7 Å². The van der Waals surface area contributed by atoms with Gasteiger partial charge in [0.2, 0.25) is 0 Å². The monoisotopic (exact) mass is 222 g/mol. The third-order valence-corrected chi connectivity index (χ3v) is 2.60. The molecule has 0 spiro atoms. The van der Waals surface area contributed by atoms with Crippen molar-refractivity contribution in [1.82, 2.24) is 0 Å². The highest BCUT2D eigenvalue weighted by Gasteiger charge is 2.17. The first-order valence-electron chi connectivity index (χ1n) is 5.29. The Morgan fingerprint density at radius 2 is 2.06 bits per heavy atom. The van der Waals surface area contributed by atoms with Crippen LogP contribution in [-0.2, 0) is 4.74 Å². The summed E-state index contributed by atoms with van der Waals surface area (Å²) in [4.78, 5) is 10.6. The maximum absolute atomic E-state index is 10.6. The SMILES string of the molecule is O=C(O)c1ccc(OCCC2COC2)cc1. The molecule has 1 aliphatic rings. The van der Waals surface area contributed by atoms with Gasteiger partial charge in [0.1, 0.15) is 5.75 Å². The number of hydrogen-bond donors (Lipinski definition) is 1. The molecule has 0 aromatic heterocycles. The van der Waals surface area contributed by atoms with E-state index >= 15 is 0 Å². The molecule has 1 heterocycles. The molecule has 0 atom stereocenters. The Labute approximate surface area is 93.8 Å². The Balaban J connectivity index is 1.78. The number of carboxylic acids is 1. The minimum atomic E-state index is -0.918. The van der Waals surface area contributed by atoms with Crippen LogP contribution >= 0.6 is 0 Å². The minimum Gasteiger partial charge on any atom is -0.494 e. The predicted molar refractivity (Wildman–Crippen MR) is 57.8 cm³/mol. The van der Waals surface area contributed by atoms with Gasteiger partial charge in [0, 0.05) is 5.92 Å². The van der Waals surface area contributed by atoms with Crippen LogP contribution in [0, 0.1) is 5.92 Å². The van der Waals surface area contributed by atoms with Gasteiger partial charge in [-0.25, -0.2) is 4.79 Å². The van der Waals surface area contributed by atoms with Crippen molar-refractivity contribution >= 4 is 5.97 Å². The van der Waals surface area contributed by atoms with E-state index in [1.54, 1.807) is 24.3 Å². The van der Waals surface area contributed by atoms with Gasteiger partial charge in [0.05, 0.1) is 25.4 Å². The molecule has 1 N–H and O–H groups in total. The third-order valence-electron chi connectivity index (χ3n) is 2.60. The van der Waals surface area contributed by atoms with E-state index in [0.717, 1.165) is 19.6 Å². The quantitative estimate of drug-likeness (QED) is 0.825. The van der Waals surface area contributed by atoms with Crippen molar-refractivity contribution in [3.05, 3.63) is 29.8 Å². The Kier molecular flexibility index (Phi) is 3.41. The van der Waals surface area contributed by atoms with Gasteiger partial charge in [-0.2, -0.15) is 0 Å². The zero-order valence-corrected chi connectivity index (χ0v) is 8.89. The lowest BCUT2D eigenvalue weighted by molar-refractivity contribution is -0.0401. The molecule has 1 fully saturated rings. The highest BCUT2D eigenvalue weighted by atomic mass is 16.5. The van der Waals surface area contributed by atoms with Gasteiger partial charge in [-0.15, -0.1) is 0 Å². The molecule has 0 saturated carbocycles. The maximum atomic E-state index is 10.6. The third kappa shape index (κ3) is 2.73. The van der Waals surface area contributed by atoms with Gasteiger partial charge < -0.3 is 14.6 Å². The number of carboxylic acid groups (broad SMARTS) is 1. The van der Waals surface area contributed by atoms with Crippen LogP contribution in [0.1, 0.15) is 16.8 Å². The van der Waals surface area contributed by atoms with E-state index < -0.39 is 5.97 Å². The van der Waals surface area contributed by atoms with E-state index in [1.807, 2.05) is 0 Å². The van der Waals surface area contributed by atoms with E-state index in [0.29, 0.717) is 18.3 Å². The number of aromatic carboxylic acids is 1. The summed E-state index contributed by atoms with van der Waals surface area (Å²) in [5, 5.41) is 8.71. The summed E-state index contributed by atoms with van der Waals surface area (Å²) in [6.45, 7) is 2.32. The summed E-state index contributed by atoms with van der Waals surface area (Å²) < 4.78 is 10.6. The molecule has 0 aliphatic carbocycles. The lowest BCUT2D eigenvalue weighted by Crippen LogP contribution is -2.28. The lowest BCUT2D eigenvalue weighted by Gasteiger charge is -2.25. The summed E-state index contributed by atoms with van der Waals surface area (Å²) in [6, 6.07) is 6.45. The van der Waals surface area contributed by atoms with Crippen molar-refractivity contribution in [2.45, 2.75) is 6.42 Å². The normalized spacial score (nSPS) is 15.5. The van der Waals surface area contributed by atoms with Crippen molar-refractivity contribution in [2.24, 2.45) is 5.92 Å². The summed E-state index contributed by atoms with van der Waals surface area (Å²) >= 11 is 0. The summed E-state index contributed by atoms with van der Waals surface area (Å²) in [7, 11) is 0. The molecular formula is C12H14O4. The second kappa shape index (κ2) is 4.99. The van der Waals surface area contributed by atoms with Crippen LogP contribution in [0.2, 0.25) is 0 Å². The molecule has 0 radical (unpaired) electrons. The van der Waals surface area contributed by atoms with Gasteiger partial charge in [0.15, 0.2) is 0 Å². The first-order valence-corrected chi connectivity index (χ1v) is 5.29. The molecule has 16 heavy (non-hydrogen) atoms. The number of benzene rings is 1. The Morgan fingerprint density at radius 3 is 2.56 bits per heavy atom. The molecule has 1 aromatic rings. The molecule has 4 nitrogen and oxygen atoms in total. The van der Waals surface area contributed by atoms with E-state index in [4.69, 9.17) is 14.6 Å². The highest BCUT2D eigenvalue weighted by molar-refractivity contribution is 5.87. The predicted octanol–water partition coefficient (Wildman–Crippen LogP) is 1.80. The average molecular weight is 222 g/mol. The summed E-state index contributed by atoms with van der Waals surface area (Å²) in [5.74, 6) is 0.418. The van der Waals surface area contributed by atoms with Crippen LogP contribution < -0.4 is 4.74 Å². The van der Waals surface area contributed by atoms with Crippen molar-refractivity contribution in [3.8, 4) is 5.75 Å². The highest BCUT2D eigenvalue weighted by Crippen LogP contribution is 2.16. The number of carbonyl (C=O) groups is 1. The van der Waals surface area contributed by atoms with Crippen LogP contribution in [0.25, 0.3) is 0 Å². The number of rotatable bonds is 5. The van der Waals surface area contributed by atoms with Crippen LogP contribution in [0.15, 0.2) is 24.3 Å². The first kappa shape index (κ1) is 11.0. The van der Waals surface area contributed by atoms with Crippen LogP contribution in [0.3, 0.4) is 0 Å². The molecular weight excluding hydrogens is 208 g/mol. The van der Waals surface area contributed by atoms with Gasteiger partial charge in [0.25, 0.3) is 0 Å². The van der Waals surface area contributed by atoms with Gasteiger partial charge in [-0.3, -0.25) is 0 Å². The zero-order valence-electron chi connectivity index (χ0n) is 8.89. The molecule has 0 bridgehead atoms. The van der Waals surface area contributed by atoms with Crippen LogP contribution in [-0.4, -0.2) is 30.9 Å². The molecule has 4 heteroatoms. The standard InChI is InChI=1S/C12H14O4/c13-12(14)10-1-3-11(4-2-10)16-6-5-9-7-15-8-9/h1-4,9H,5-8H2,(H,13,14). The number of ether oxygens (including phenoxy) is 2. The van der Waals surface area contributed by atoms with Crippen molar-refractivity contribution < 1.29 is 19.4 Å². The lowest BCUT2D eigenvalue weighted by atomic mass is 10.1. The zero-order chi connectivity index (χ0) is 11.4. The van der Waals surface area contributed by atoms with Gasteiger partial charge >= 0.3 is 5.97 Å². The fourth-order valence-electron chi connectivity index (χ4n) is 1.49. The van der Waals surface area contributed by atoms with E-state index in [9.17, 15) is 4.79 Å². The molecule has 86 valence electrons. The van der Waals surface area contributed by atoms with Crippen molar-refractivity contribution in [3.63, 3.8) is 0 Å². The molecule has 0 amide bonds. The summed E-state index contributed by atoms with van der Waals surface area (Å²) in [6.07, 6.45) is 0.987. The second-order valence-electron chi connectivity index (χ2n) is 3.87. The van der Waals surface area contributed by atoms with E-state index in [-0.39, 0.29) is 5.56 Å². The van der Waals surface area contributed by atoms with Crippen LogP contribution in [0.5, 0.6) is 5.75 Å². The van der Waals surface area contributed by atoms with Crippen molar-refractivity contribution in [1.29, 1.82) is 0 Å². The fraction of sp³-hybridized carbons (Fsp3) is 0.417. The topological polar surface area (TPSA) is 55.8 Å². The van der Waals surface area contributed by atoms with Crippen molar-refractivity contribution in [2.75, 3.05) is 19.8 Å². The first-order chi connectivity index (χ1) is 7.75. The van der Waals surface area contributed by atoms with Crippen LogP contribution in [0.4, 0.5) is 0 Å². The molecule has 0 unspecified atom stereocenters. The minimum absolute atomic E-state index is 0.278. The van der Waals surface area contributed by atoms with Gasteiger partial charge in [-0.1, -0.05) is 0 Å². The molecule has 2 rings (SSSR count).